The van der Waals surface area contributed by atoms with Crippen molar-refractivity contribution in [2.45, 2.75) is 24.8 Å². The van der Waals surface area contributed by atoms with Gasteiger partial charge in [0.2, 0.25) is 6.79 Å². The van der Waals surface area contributed by atoms with Gasteiger partial charge in [0.15, 0.2) is 11.5 Å². The lowest BCUT2D eigenvalue weighted by molar-refractivity contribution is -0.139. The molecule has 0 bridgehead atoms. The number of carbonyl (C=O) groups excluding carboxylic acids is 2. The van der Waals surface area contributed by atoms with Crippen LogP contribution >= 0.6 is 11.8 Å². The number of rotatable bonds is 6. The Balaban J connectivity index is 1.70. The van der Waals surface area contributed by atoms with E-state index in [1.807, 2.05) is 37.3 Å². The highest BCUT2D eigenvalue weighted by Gasteiger charge is 2.34. The number of aryl methyl sites for hydroxylation is 1. The fraction of sp³-hybridized carbons (Fsp3) is 0.273. The molecule has 0 spiro atoms. The zero-order valence-electron chi connectivity index (χ0n) is 16.7. The van der Waals surface area contributed by atoms with Crippen molar-refractivity contribution >= 4 is 23.8 Å². The van der Waals surface area contributed by atoms with Gasteiger partial charge >= 0.3 is 12.0 Å². The minimum Gasteiger partial charge on any atom is -0.463 e. The summed E-state index contributed by atoms with van der Waals surface area (Å²) in [7, 11) is 0. The van der Waals surface area contributed by atoms with Gasteiger partial charge in [-0.2, -0.15) is 0 Å². The van der Waals surface area contributed by atoms with Gasteiger partial charge in [-0.3, -0.25) is 0 Å². The lowest BCUT2D eigenvalue weighted by Gasteiger charge is -2.29. The molecular weight excluding hydrogens is 404 g/mol. The molecule has 30 heavy (non-hydrogen) atoms. The van der Waals surface area contributed by atoms with Crippen molar-refractivity contribution in [3.05, 3.63) is 64.9 Å². The van der Waals surface area contributed by atoms with Crippen LogP contribution in [0.5, 0.6) is 11.5 Å². The van der Waals surface area contributed by atoms with E-state index in [9.17, 15) is 9.59 Å². The Labute approximate surface area is 178 Å². The number of carbonyl (C=O) groups is 2. The molecule has 7 nitrogen and oxygen atoms in total. The third-order valence-corrected chi connectivity index (χ3v) is 6.05. The Kier molecular flexibility index (Phi) is 5.85. The van der Waals surface area contributed by atoms with Crippen molar-refractivity contribution < 1.29 is 23.8 Å². The number of hydrogen-bond acceptors (Lipinski definition) is 6. The highest BCUT2D eigenvalue weighted by Crippen LogP contribution is 2.37. The number of nitrogens with one attached hydrogen (secondary N) is 2. The molecular formula is C22H22N2O5S. The minimum absolute atomic E-state index is 0.149. The Morgan fingerprint density at radius 3 is 2.80 bits per heavy atom. The van der Waals surface area contributed by atoms with Crippen LogP contribution in [0, 0.1) is 6.92 Å². The van der Waals surface area contributed by atoms with Crippen LogP contribution in [0.3, 0.4) is 0 Å². The standard InChI is InChI=1S/C22H22N2O5S/c1-3-27-21(25)19-15(11-30-18-7-5-4-6-13(18)2)23-22(26)24-20(19)14-8-9-16-17(10-14)29-12-28-16/h4-10,20H,3,11-12H2,1-2H3,(H2,23,24,26). The highest BCUT2D eigenvalue weighted by molar-refractivity contribution is 7.99. The molecule has 0 fully saturated rings. The molecule has 0 saturated carbocycles. The molecule has 1 unspecified atom stereocenters. The summed E-state index contributed by atoms with van der Waals surface area (Å²) in [4.78, 5) is 26.4. The number of hydrogen-bond donors (Lipinski definition) is 2. The quantitative estimate of drug-likeness (QED) is 0.541. The van der Waals surface area contributed by atoms with Crippen LogP contribution in [0.15, 0.2) is 58.6 Å². The normalized spacial score (nSPS) is 17.4. The predicted octanol–water partition coefficient (Wildman–Crippen LogP) is 3.69. The van der Waals surface area contributed by atoms with Gasteiger partial charge < -0.3 is 24.8 Å². The van der Waals surface area contributed by atoms with Crippen molar-refractivity contribution in [3.8, 4) is 11.5 Å². The maximum Gasteiger partial charge on any atom is 0.338 e. The number of ether oxygens (including phenoxy) is 3. The second-order valence-electron chi connectivity index (χ2n) is 6.81. The van der Waals surface area contributed by atoms with E-state index in [4.69, 9.17) is 14.2 Å². The Morgan fingerprint density at radius 1 is 1.20 bits per heavy atom. The highest BCUT2D eigenvalue weighted by atomic mass is 32.2. The first-order valence-electron chi connectivity index (χ1n) is 9.62. The van der Waals surface area contributed by atoms with E-state index in [1.165, 1.54) is 0 Å². The average molecular weight is 426 g/mol. The second kappa shape index (κ2) is 8.71. The minimum atomic E-state index is -0.653. The summed E-state index contributed by atoms with van der Waals surface area (Å²) in [5, 5.41) is 5.64. The second-order valence-corrected chi connectivity index (χ2v) is 7.83. The van der Waals surface area contributed by atoms with Crippen LogP contribution in [0.25, 0.3) is 0 Å². The molecule has 2 N–H and O–H groups in total. The first-order valence-corrected chi connectivity index (χ1v) is 10.6. The number of fused-ring (bicyclic) bond motifs is 1. The first kappa shape index (κ1) is 20.2. The molecule has 4 rings (SSSR count). The fourth-order valence-corrected chi connectivity index (χ4v) is 4.39. The smallest absolute Gasteiger partial charge is 0.338 e. The molecule has 2 amide bonds. The van der Waals surface area contributed by atoms with Gasteiger partial charge in [-0.25, -0.2) is 9.59 Å². The van der Waals surface area contributed by atoms with Crippen LogP contribution in [0.1, 0.15) is 24.1 Å². The van der Waals surface area contributed by atoms with Gasteiger partial charge in [0.1, 0.15) is 0 Å². The molecule has 0 saturated heterocycles. The summed E-state index contributed by atoms with van der Waals surface area (Å²) >= 11 is 1.56. The summed E-state index contributed by atoms with van der Waals surface area (Å²) in [6.07, 6.45) is 0. The van der Waals surface area contributed by atoms with Gasteiger partial charge in [-0.1, -0.05) is 24.3 Å². The molecule has 2 heterocycles. The number of benzene rings is 2. The van der Waals surface area contributed by atoms with Crippen molar-refractivity contribution in [2.24, 2.45) is 0 Å². The molecule has 1 atom stereocenters. The van der Waals surface area contributed by atoms with Gasteiger partial charge in [-0.15, -0.1) is 11.8 Å². The lowest BCUT2D eigenvalue weighted by Crippen LogP contribution is -2.46. The number of urea groups is 1. The predicted molar refractivity (Wildman–Crippen MR) is 113 cm³/mol. The van der Waals surface area contributed by atoms with Crippen LogP contribution in [0.2, 0.25) is 0 Å². The Hall–Kier alpha value is -3.13. The lowest BCUT2D eigenvalue weighted by atomic mass is 9.95. The summed E-state index contributed by atoms with van der Waals surface area (Å²) in [6.45, 7) is 4.17. The molecule has 0 aromatic heterocycles. The summed E-state index contributed by atoms with van der Waals surface area (Å²) in [6, 6.07) is 12.3. The average Bonchev–Trinajstić information content (AvgIpc) is 3.20. The molecule has 2 aliphatic rings. The maximum absolute atomic E-state index is 12.9. The van der Waals surface area contributed by atoms with Gasteiger partial charge in [-0.05, 0) is 43.2 Å². The molecule has 156 valence electrons. The Morgan fingerprint density at radius 2 is 2.00 bits per heavy atom. The zero-order valence-corrected chi connectivity index (χ0v) is 17.5. The molecule has 2 aromatic carbocycles. The Bertz CT molecular complexity index is 1020. The summed E-state index contributed by atoms with van der Waals surface area (Å²) in [5.41, 5.74) is 2.77. The van der Waals surface area contributed by atoms with Crippen LogP contribution in [-0.4, -0.2) is 31.2 Å². The molecule has 0 aliphatic carbocycles. The molecule has 0 radical (unpaired) electrons. The van der Waals surface area contributed by atoms with Gasteiger partial charge in [0, 0.05) is 16.3 Å². The van der Waals surface area contributed by atoms with Crippen molar-refractivity contribution in [2.75, 3.05) is 19.2 Å². The van der Waals surface area contributed by atoms with E-state index in [-0.39, 0.29) is 19.4 Å². The zero-order chi connectivity index (χ0) is 21.1. The van der Waals surface area contributed by atoms with E-state index in [0.29, 0.717) is 28.5 Å². The van der Waals surface area contributed by atoms with E-state index in [2.05, 4.69) is 10.6 Å². The van der Waals surface area contributed by atoms with Crippen LogP contribution in [0.4, 0.5) is 4.79 Å². The first-order chi connectivity index (χ1) is 14.6. The van der Waals surface area contributed by atoms with Crippen molar-refractivity contribution in [3.63, 3.8) is 0 Å². The maximum atomic E-state index is 12.9. The molecule has 2 aromatic rings. The van der Waals surface area contributed by atoms with Crippen molar-refractivity contribution in [1.82, 2.24) is 10.6 Å². The number of esters is 1. The van der Waals surface area contributed by atoms with Crippen molar-refractivity contribution in [1.29, 1.82) is 0 Å². The number of thioether (sulfide) groups is 1. The van der Waals surface area contributed by atoms with Crippen LogP contribution < -0.4 is 20.1 Å². The van der Waals surface area contributed by atoms with Gasteiger partial charge in [0.05, 0.1) is 18.2 Å². The SMILES string of the molecule is CCOC(=O)C1=C(CSc2ccccc2C)NC(=O)NC1c1ccc2c(c1)OCO2. The largest absolute Gasteiger partial charge is 0.463 e. The fourth-order valence-electron chi connectivity index (χ4n) is 3.39. The summed E-state index contributed by atoms with van der Waals surface area (Å²) < 4.78 is 16.1. The van der Waals surface area contributed by atoms with Crippen LogP contribution in [-0.2, 0) is 9.53 Å². The number of amides is 2. The van der Waals surface area contributed by atoms with E-state index < -0.39 is 12.0 Å². The molecule has 8 heteroatoms. The third kappa shape index (κ3) is 4.09. The topological polar surface area (TPSA) is 85.9 Å². The van der Waals surface area contributed by atoms with Gasteiger partial charge in [0.25, 0.3) is 0 Å². The summed E-state index contributed by atoms with van der Waals surface area (Å²) in [5.74, 6) is 1.18. The van der Waals surface area contributed by atoms with E-state index in [1.54, 1.807) is 30.8 Å². The van der Waals surface area contributed by atoms with E-state index >= 15 is 0 Å². The van der Waals surface area contributed by atoms with E-state index in [0.717, 1.165) is 16.0 Å². The monoisotopic (exact) mass is 426 g/mol. The third-order valence-electron chi connectivity index (χ3n) is 4.84. The molecule has 2 aliphatic heterocycles.